The van der Waals surface area contributed by atoms with Crippen LogP contribution in [0, 0.1) is 0 Å². The molecule has 2 saturated heterocycles. The lowest BCUT2D eigenvalue weighted by atomic mass is 9.90. The molecular formula is C34H43N3O2. The molecule has 2 fully saturated rings. The van der Waals surface area contributed by atoms with Crippen LogP contribution < -0.4 is 10.1 Å². The molecule has 5 nitrogen and oxygen atoms in total. The first-order chi connectivity index (χ1) is 19.2. The van der Waals surface area contributed by atoms with E-state index in [0.29, 0.717) is 18.0 Å². The summed E-state index contributed by atoms with van der Waals surface area (Å²) < 4.78 is 6.37. The molecule has 0 saturated carbocycles. The maximum absolute atomic E-state index is 12.8. The highest BCUT2D eigenvalue weighted by Gasteiger charge is 2.24. The number of ether oxygens (including phenoxy) is 1. The molecule has 2 heterocycles. The maximum Gasteiger partial charge on any atom is 0.251 e. The summed E-state index contributed by atoms with van der Waals surface area (Å²) in [5, 5.41) is 3.11. The van der Waals surface area contributed by atoms with Crippen molar-refractivity contribution in [2.24, 2.45) is 0 Å². The number of nitrogens with one attached hydrogen (secondary N) is 1. The fourth-order valence-electron chi connectivity index (χ4n) is 5.93. The lowest BCUT2D eigenvalue weighted by Gasteiger charge is -2.34. The molecule has 5 rings (SSSR count). The highest BCUT2D eigenvalue weighted by molar-refractivity contribution is 5.94. The Morgan fingerprint density at radius 3 is 2.05 bits per heavy atom. The van der Waals surface area contributed by atoms with Crippen LogP contribution in [0.2, 0.25) is 0 Å². The van der Waals surface area contributed by atoms with Gasteiger partial charge in [-0.05, 0) is 68.1 Å². The van der Waals surface area contributed by atoms with E-state index in [-0.39, 0.29) is 12.0 Å². The molecule has 5 heteroatoms. The first kappa shape index (κ1) is 27.4. The minimum absolute atomic E-state index is 0.0158. The molecule has 1 amide bonds. The maximum atomic E-state index is 12.8. The Morgan fingerprint density at radius 1 is 0.769 bits per heavy atom. The lowest BCUT2D eigenvalue weighted by Crippen LogP contribution is -2.40. The zero-order valence-corrected chi connectivity index (χ0v) is 23.1. The lowest BCUT2D eigenvalue weighted by molar-refractivity contribution is 0.0937. The molecule has 0 radical (unpaired) electrons. The van der Waals surface area contributed by atoms with E-state index < -0.39 is 0 Å². The molecule has 0 aliphatic carbocycles. The number of carbonyl (C=O) groups is 1. The summed E-state index contributed by atoms with van der Waals surface area (Å²) in [6.45, 7) is 6.95. The van der Waals surface area contributed by atoms with Crippen molar-refractivity contribution in [1.82, 2.24) is 15.1 Å². The Morgan fingerprint density at radius 2 is 1.41 bits per heavy atom. The average molecular weight is 526 g/mol. The molecule has 3 aromatic carbocycles. The van der Waals surface area contributed by atoms with Gasteiger partial charge in [-0.15, -0.1) is 0 Å². The van der Waals surface area contributed by atoms with Gasteiger partial charge in [-0.2, -0.15) is 0 Å². The second kappa shape index (κ2) is 14.3. The first-order valence-corrected chi connectivity index (χ1v) is 14.8. The largest absolute Gasteiger partial charge is 0.490 e. The average Bonchev–Trinajstić information content (AvgIpc) is 3.27. The Kier molecular flexibility index (Phi) is 10.1. The van der Waals surface area contributed by atoms with Crippen molar-refractivity contribution >= 4 is 5.91 Å². The van der Waals surface area contributed by atoms with Gasteiger partial charge in [0.25, 0.3) is 5.91 Å². The summed E-state index contributed by atoms with van der Waals surface area (Å²) >= 11 is 0. The number of carbonyl (C=O) groups excluding carboxylic acids is 1. The quantitative estimate of drug-likeness (QED) is 0.354. The van der Waals surface area contributed by atoms with Crippen LogP contribution in [0.4, 0.5) is 0 Å². The summed E-state index contributed by atoms with van der Waals surface area (Å²) in [7, 11) is 0. The van der Waals surface area contributed by atoms with Crippen LogP contribution in [0.5, 0.6) is 5.75 Å². The van der Waals surface area contributed by atoms with Crippen LogP contribution in [-0.4, -0.2) is 67.6 Å². The molecule has 206 valence electrons. The van der Waals surface area contributed by atoms with Crippen molar-refractivity contribution in [3.8, 4) is 5.75 Å². The molecule has 0 aromatic heterocycles. The fraction of sp³-hybridized carbons (Fsp3) is 0.441. The van der Waals surface area contributed by atoms with E-state index in [4.69, 9.17) is 4.74 Å². The number of piperidine rings is 1. The Labute approximate surface area is 234 Å². The number of amides is 1. The van der Waals surface area contributed by atoms with E-state index in [9.17, 15) is 4.79 Å². The first-order valence-electron chi connectivity index (χ1n) is 14.8. The SMILES string of the molecule is O=C(NCCN1CCCCCC1)c1cccc(OC2CCN(CC(c3ccccc3)c3ccccc3)CC2)c1. The predicted octanol–water partition coefficient (Wildman–Crippen LogP) is 5.97. The van der Waals surface area contributed by atoms with Gasteiger partial charge in [0, 0.05) is 44.2 Å². The topological polar surface area (TPSA) is 44.8 Å². The monoisotopic (exact) mass is 525 g/mol. The van der Waals surface area contributed by atoms with Crippen molar-refractivity contribution in [2.75, 3.05) is 45.8 Å². The molecular weight excluding hydrogens is 482 g/mol. The molecule has 0 spiro atoms. The molecule has 0 atom stereocenters. The Bertz CT molecular complexity index is 1100. The standard InChI is InChI=1S/C34H43N3O2/c38-34(35-20-25-36-21-9-1-2-10-22-36)30-16-11-17-32(26-30)39-31-18-23-37(24-19-31)27-33(28-12-5-3-6-13-28)29-14-7-4-8-15-29/h3-8,11-17,26,31,33H,1-2,9-10,18-25,27H2,(H,35,38). The summed E-state index contributed by atoms with van der Waals surface area (Å²) in [5.41, 5.74) is 3.40. The normalized spacial score (nSPS) is 17.6. The van der Waals surface area contributed by atoms with E-state index in [2.05, 4.69) is 75.8 Å². The Hall–Kier alpha value is -3.15. The van der Waals surface area contributed by atoms with Gasteiger partial charge in [0.2, 0.25) is 0 Å². The van der Waals surface area contributed by atoms with Gasteiger partial charge in [-0.25, -0.2) is 0 Å². The summed E-state index contributed by atoms with van der Waals surface area (Å²) in [4.78, 5) is 17.8. The molecule has 2 aliphatic heterocycles. The molecule has 2 aliphatic rings. The van der Waals surface area contributed by atoms with Gasteiger partial charge in [0.15, 0.2) is 0 Å². The van der Waals surface area contributed by atoms with Crippen LogP contribution in [0.1, 0.15) is 65.9 Å². The van der Waals surface area contributed by atoms with Crippen LogP contribution in [0.25, 0.3) is 0 Å². The van der Waals surface area contributed by atoms with Crippen LogP contribution in [0.3, 0.4) is 0 Å². The van der Waals surface area contributed by atoms with Crippen LogP contribution >= 0.6 is 0 Å². The van der Waals surface area contributed by atoms with E-state index in [0.717, 1.165) is 57.9 Å². The molecule has 0 unspecified atom stereocenters. The summed E-state index contributed by atoms with van der Waals surface area (Å²) in [5.74, 6) is 1.14. The highest BCUT2D eigenvalue weighted by atomic mass is 16.5. The van der Waals surface area contributed by atoms with Gasteiger partial charge in [0.1, 0.15) is 11.9 Å². The summed E-state index contributed by atoms with van der Waals surface area (Å²) in [6.07, 6.45) is 7.35. The van der Waals surface area contributed by atoms with Crippen LogP contribution in [0.15, 0.2) is 84.9 Å². The van der Waals surface area contributed by atoms with E-state index in [1.165, 1.54) is 36.8 Å². The Balaban J connectivity index is 1.10. The predicted molar refractivity (Wildman–Crippen MR) is 159 cm³/mol. The smallest absolute Gasteiger partial charge is 0.251 e. The molecule has 0 bridgehead atoms. The minimum atomic E-state index is -0.0158. The van der Waals surface area contributed by atoms with Crippen molar-refractivity contribution in [1.29, 1.82) is 0 Å². The van der Waals surface area contributed by atoms with Gasteiger partial charge < -0.3 is 19.9 Å². The second-order valence-corrected chi connectivity index (χ2v) is 11.0. The molecule has 3 aromatic rings. The number of hydrogen-bond donors (Lipinski definition) is 1. The fourth-order valence-corrected chi connectivity index (χ4v) is 5.93. The zero-order valence-electron chi connectivity index (χ0n) is 23.1. The van der Waals surface area contributed by atoms with Gasteiger partial charge in [0.05, 0.1) is 0 Å². The van der Waals surface area contributed by atoms with Crippen molar-refractivity contribution < 1.29 is 9.53 Å². The third kappa shape index (κ3) is 8.17. The third-order valence-electron chi connectivity index (χ3n) is 8.19. The van der Waals surface area contributed by atoms with Gasteiger partial charge >= 0.3 is 0 Å². The van der Waals surface area contributed by atoms with Crippen molar-refractivity contribution in [3.05, 3.63) is 102 Å². The number of rotatable bonds is 10. The van der Waals surface area contributed by atoms with Crippen molar-refractivity contribution in [2.45, 2.75) is 50.5 Å². The third-order valence-corrected chi connectivity index (χ3v) is 8.19. The van der Waals surface area contributed by atoms with Crippen molar-refractivity contribution in [3.63, 3.8) is 0 Å². The van der Waals surface area contributed by atoms with Gasteiger partial charge in [-0.1, -0.05) is 79.6 Å². The number of likely N-dealkylation sites (tertiary alicyclic amines) is 2. The van der Waals surface area contributed by atoms with E-state index in [1.807, 2.05) is 24.3 Å². The molecule has 1 N–H and O–H groups in total. The molecule has 39 heavy (non-hydrogen) atoms. The van der Waals surface area contributed by atoms with E-state index in [1.54, 1.807) is 0 Å². The van der Waals surface area contributed by atoms with E-state index >= 15 is 0 Å². The number of benzene rings is 3. The highest BCUT2D eigenvalue weighted by Crippen LogP contribution is 2.28. The van der Waals surface area contributed by atoms with Crippen LogP contribution in [-0.2, 0) is 0 Å². The van der Waals surface area contributed by atoms with Gasteiger partial charge in [-0.3, -0.25) is 4.79 Å². The second-order valence-electron chi connectivity index (χ2n) is 11.0. The zero-order chi connectivity index (χ0) is 26.7. The summed E-state index contributed by atoms with van der Waals surface area (Å²) in [6, 6.07) is 29.4. The number of nitrogens with zero attached hydrogens (tertiary/aromatic N) is 2. The minimum Gasteiger partial charge on any atom is -0.490 e. The number of hydrogen-bond acceptors (Lipinski definition) is 4.